The van der Waals surface area contributed by atoms with Gasteiger partial charge >= 0.3 is 6.61 Å². The van der Waals surface area contributed by atoms with Gasteiger partial charge in [0.1, 0.15) is 17.0 Å². The number of carbonyl (C=O) groups excluding carboxylic acids is 1. The molecule has 0 spiro atoms. The van der Waals surface area contributed by atoms with Crippen LogP contribution in [0.5, 0.6) is 5.75 Å². The molecule has 0 radical (unpaired) electrons. The van der Waals surface area contributed by atoms with Crippen LogP contribution in [-0.4, -0.2) is 74.9 Å². The Kier molecular flexibility index (Phi) is 6.96. The van der Waals surface area contributed by atoms with Crippen molar-refractivity contribution in [3.63, 3.8) is 0 Å². The number of halogens is 2. The van der Waals surface area contributed by atoms with Crippen molar-refractivity contribution in [3.8, 4) is 17.0 Å². The highest BCUT2D eigenvalue weighted by Crippen LogP contribution is 2.37. The van der Waals surface area contributed by atoms with Crippen LogP contribution in [0, 0.1) is 0 Å². The molecule has 15 heteroatoms. The van der Waals surface area contributed by atoms with E-state index in [1.807, 2.05) is 0 Å². The molecular weight excluding hydrogens is 500 g/mol. The van der Waals surface area contributed by atoms with Gasteiger partial charge in [-0.2, -0.15) is 23.3 Å². The molecule has 1 aromatic carbocycles. The average molecular weight is 522 g/mol. The number of nitrogens with zero attached hydrogens (tertiary/aromatic N) is 6. The van der Waals surface area contributed by atoms with Crippen LogP contribution in [0.3, 0.4) is 0 Å². The van der Waals surface area contributed by atoms with Gasteiger partial charge in [-0.05, 0) is 24.3 Å². The van der Waals surface area contributed by atoms with Crippen molar-refractivity contribution in [2.45, 2.75) is 11.5 Å². The smallest absolute Gasteiger partial charge is 0.387 e. The Morgan fingerprint density at radius 1 is 1.33 bits per heavy atom. The summed E-state index contributed by atoms with van der Waals surface area (Å²) in [5.41, 5.74) is 0.448. The van der Waals surface area contributed by atoms with Gasteiger partial charge in [-0.3, -0.25) is 9.48 Å². The van der Waals surface area contributed by atoms with Crippen LogP contribution in [-0.2, 0) is 17.1 Å². The molecular formula is C21H21F2N7O5S. The van der Waals surface area contributed by atoms with E-state index in [0.29, 0.717) is 5.65 Å². The SMILES string of the molecule is CN(CCO)S(=O)(=O)c1ccc(OC(F)F)c(-c2nn(C)cc2NC(=O)c2cnn3cccnc23)c1. The Bertz CT molecular complexity index is 1520. The molecule has 1 amide bonds. The number of carbonyl (C=O) groups is 1. The van der Waals surface area contributed by atoms with E-state index in [1.54, 1.807) is 19.3 Å². The second-order valence-electron chi connectivity index (χ2n) is 7.55. The zero-order valence-electron chi connectivity index (χ0n) is 19.0. The first-order chi connectivity index (χ1) is 17.1. The van der Waals surface area contributed by atoms with E-state index in [-0.39, 0.29) is 39.7 Å². The summed E-state index contributed by atoms with van der Waals surface area (Å²) in [6.07, 6.45) is 5.86. The number of ether oxygens (including phenoxy) is 1. The minimum atomic E-state index is -4.08. The third-order valence-electron chi connectivity index (χ3n) is 5.15. The van der Waals surface area contributed by atoms with Crippen molar-refractivity contribution >= 4 is 27.3 Å². The van der Waals surface area contributed by atoms with E-state index in [2.05, 4.69) is 25.2 Å². The van der Waals surface area contributed by atoms with Crippen molar-refractivity contribution < 1.29 is 31.8 Å². The van der Waals surface area contributed by atoms with Gasteiger partial charge in [0.2, 0.25) is 10.0 Å². The number of anilines is 1. The molecule has 190 valence electrons. The van der Waals surface area contributed by atoms with Crippen molar-refractivity contribution in [2.24, 2.45) is 7.05 Å². The quantitative estimate of drug-likeness (QED) is 0.338. The Morgan fingerprint density at radius 2 is 2.11 bits per heavy atom. The van der Waals surface area contributed by atoms with E-state index >= 15 is 0 Å². The lowest BCUT2D eigenvalue weighted by Crippen LogP contribution is -2.29. The largest absolute Gasteiger partial charge is 0.434 e. The number of alkyl halides is 2. The summed E-state index contributed by atoms with van der Waals surface area (Å²) >= 11 is 0. The average Bonchev–Trinajstić information content (AvgIpc) is 3.42. The number of hydrogen-bond donors (Lipinski definition) is 2. The van der Waals surface area contributed by atoms with E-state index < -0.39 is 29.1 Å². The van der Waals surface area contributed by atoms with Crippen LogP contribution in [0.1, 0.15) is 10.4 Å². The molecule has 0 aliphatic carbocycles. The Morgan fingerprint density at radius 3 is 2.83 bits per heavy atom. The van der Waals surface area contributed by atoms with E-state index in [0.717, 1.165) is 22.5 Å². The van der Waals surface area contributed by atoms with Gasteiger partial charge in [0.05, 0.1) is 23.4 Å². The number of aliphatic hydroxyl groups excluding tert-OH is 1. The third kappa shape index (κ3) is 4.89. The molecule has 0 saturated heterocycles. The molecule has 2 N–H and O–H groups in total. The molecule has 0 atom stereocenters. The van der Waals surface area contributed by atoms with Crippen molar-refractivity contribution in [1.82, 2.24) is 28.7 Å². The van der Waals surface area contributed by atoms with Gasteiger partial charge in [-0.25, -0.2) is 17.9 Å². The molecule has 0 aliphatic rings. The summed E-state index contributed by atoms with van der Waals surface area (Å²) in [7, 11) is -1.27. The maximum Gasteiger partial charge on any atom is 0.387 e. The first-order valence-corrected chi connectivity index (χ1v) is 11.9. The molecule has 12 nitrogen and oxygen atoms in total. The first-order valence-electron chi connectivity index (χ1n) is 10.4. The number of amides is 1. The van der Waals surface area contributed by atoms with Crippen molar-refractivity contribution in [3.05, 3.63) is 54.6 Å². The monoisotopic (exact) mass is 521 g/mol. The van der Waals surface area contributed by atoms with Gasteiger partial charge < -0.3 is 15.2 Å². The fourth-order valence-electron chi connectivity index (χ4n) is 3.45. The van der Waals surface area contributed by atoms with Gasteiger partial charge in [0.15, 0.2) is 5.65 Å². The van der Waals surface area contributed by atoms with E-state index in [4.69, 9.17) is 5.11 Å². The number of hydrogen-bond acceptors (Lipinski definition) is 8. The van der Waals surface area contributed by atoms with Gasteiger partial charge in [0.25, 0.3) is 5.91 Å². The number of aryl methyl sites for hydroxylation is 1. The summed E-state index contributed by atoms with van der Waals surface area (Å²) in [6, 6.07) is 4.95. The predicted octanol–water partition coefficient (Wildman–Crippen LogP) is 1.60. The van der Waals surface area contributed by atoms with Gasteiger partial charge in [-0.1, -0.05) is 0 Å². The fourth-order valence-corrected chi connectivity index (χ4v) is 4.64. The zero-order chi connectivity index (χ0) is 26.0. The van der Waals surface area contributed by atoms with Gasteiger partial charge in [0, 0.05) is 44.8 Å². The van der Waals surface area contributed by atoms with Crippen LogP contribution in [0.4, 0.5) is 14.5 Å². The zero-order valence-corrected chi connectivity index (χ0v) is 19.9. The molecule has 0 fully saturated rings. The highest BCUT2D eigenvalue weighted by atomic mass is 32.2. The number of sulfonamides is 1. The minimum absolute atomic E-state index is 0.00667. The van der Waals surface area contributed by atoms with Crippen LogP contribution in [0.15, 0.2) is 53.9 Å². The lowest BCUT2D eigenvalue weighted by molar-refractivity contribution is -0.0494. The molecule has 3 heterocycles. The normalized spacial score (nSPS) is 12.0. The van der Waals surface area contributed by atoms with Crippen molar-refractivity contribution in [2.75, 3.05) is 25.5 Å². The predicted molar refractivity (Wildman–Crippen MR) is 123 cm³/mol. The molecule has 4 rings (SSSR count). The molecule has 4 aromatic rings. The second-order valence-corrected chi connectivity index (χ2v) is 9.60. The number of nitrogens with one attached hydrogen (secondary N) is 1. The van der Waals surface area contributed by atoms with Crippen LogP contribution >= 0.6 is 0 Å². The van der Waals surface area contributed by atoms with E-state index in [9.17, 15) is 22.0 Å². The summed E-state index contributed by atoms with van der Waals surface area (Å²) in [5, 5.41) is 20.1. The number of benzene rings is 1. The second kappa shape index (κ2) is 9.96. The number of rotatable bonds is 9. The maximum absolute atomic E-state index is 13.1. The lowest BCUT2D eigenvalue weighted by Gasteiger charge is -2.18. The fraction of sp³-hybridized carbons (Fsp3) is 0.238. The Balaban J connectivity index is 1.78. The van der Waals surface area contributed by atoms with Crippen LogP contribution in [0.2, 0.25) is 0 Å². The molecule has 0 bridgehead atoms. The summed E-state index contributed by atoms with van der Waals surface area (Å²) in [5.74, 6) is -0.943. The highest BCUT2D eigenvalue weighted by molar-refractivity contribution is 7.89. The number of aliphatic hydroxyl groups is 1. The van der Waals surface area contributed by atoms with Gasteiger partial charge in [-0.15, -0.1) is 0 Å². The summed E-state index contributed by atoms with van der Waals surface area (Å²) < 4.78 is 60.3. The molecule has 36 heavy (non-hydrogen) atoms. The minimum Gasteiger partial charge on any atom is -0.434 e. The standard InChI is InChI=1S/C21H21F2N7O5S/c1-28-12-16(26-20(32)15-11-25-30-7-3-6-24-19(15)30)18(27-28)14-10-13(4-5-17(14)35-21(22)23)36(33,34)29(2)8-9-31/h3-7,10-12,21,31H,8-9H2,1-2H3,(H,26,32). The first kappa shape index (κ1) is 25.2. The highest BCUT2D eigenvalue weighted by Gasteiger charge is 2.26. The van der Waals surface area contributed by atoms with Crippen molar-refractivity contribution in [1.29, 1.82) is 0 Å². The van der Waals surface area contributed by atoms with Crippen LogP contribution in [0.25, 0.3) is 16.9 Å². The Labute approximate surface area is 203 Å². The summed E-state index contributed by atoms with van der Waals surface area (Å²) in [6.45, 7) is -3.79. The third-order valence-corrected chi connectivity index (χ3v) is 7.00. The molecule has 3 aromatic heterocycles. The summed E-state index contributed by atoms with van der Waals surface area (Å²) in [4.78, 5) is 16.9. The topological polar surface area (TPSA) is 144 Å². The number of likely N-dealkylation sites (N-methyl/N-ethyl adjacent to an activating group) is 1. The van der Waals surface area contributed by atoms with Crippen LogP contribution < -0.4 is 10.1 Å². The Hall–Kier alpha value is -3.95. The lowest BCUT2D eigenvalue weighted by atomic mass is 10.1. The number of aromatic nitrogens is 5. The van der Waals surface area contributed by atoms with E-state index in [1.165, 1.54) is 34.8 Å². The number of fused-ring (bicyclic) bond motifs is 1. The molecule has 0 unspecified atom stereocenters. The maximum atomic E-state index is 13.1. The molecule has 0 aliphatic heterocycles. The molecule has 0 saturated carbocycles.